The van der Waals surface area contributed by atoms with Gasteiger partial charge in [0, 0.05) is 84.9 Å². The maximum Gasteiger partial charge on any atom is 0.193 e. The van der Waals surface area contributed by atoms with E-state index in [4.69, 9.17) is 9.47 Å². The van der Waals surface area contributed by atoms with Crippen molar-refractivity contribution in [3.8, 4) is 0 Å². The summed E-state index contributed by atoms with van der Waals surface area (Å²) in [6, 6.07) is 11.2. The number of piperazine rings is 1. The number of aliphatic imine (C=N–C) groups is 1. The SMILES string of the molecule is CN=C(NCC(C)N1CCN(c2ccccc2)CC1)N1CCC(OCCCOC)CC1.I. The van der Waals surface area contributed by atoms with Crippen LogP contribution in [-0.4, -0.2) is 101 Å². The number of halogens is 1. The van der Waals surface area contributed by atoms with Crippen LogP contribution >= 0.6 is 24.0 Å². The van der Waals surface area contributed by atoms with E-state index < -0.39 is 0 Å². The summed E-state index contributed by atoms with van der Waals surface area (Å²) in [7, 11) is 3.63. The number of rotatable bonds is 9. The first kappa shape index (κ1) is 27.1. The predicted molar refractivity (Wildman–Crippen MR) is 144 cm³/mol. The summed E-state index contributed by atoms with van der Waals surface area (Å²) in [6.45, 7) is 11.2. The van der Waals surface area contributed by atoms with Crippen molar-refractivity contribution in [1.82, 2.24) is 15.1 Å². The first-order valence-corrected chi connectivity index (χ1v) is 11.8. The third kappa shape index (κ3) is 8.35. The quantitative estimate of drug-likeness (QED) is 0.218. The van der Waals surface area contributed by atoms with Crippen LogP contribution in [0.25, 0.3) is 0 Å². The smallest absolute Gasteiger partial charge is 0.193 e. The van der Waals surface area contributed by atoms with Gasteiger partial charge in [-0.1, -0.05) is 18.2 Å². The van der Waals surface area contributed by atoms with Gasteiger partial charge in [0.05, 0.1) is 6.10 Å². The number of para-hydroxylation sites is 1. The summed E-state index contributed by atoms with van der Waals surface area (Å²) in [4.78, 5) is 12.0. The maximum atomic E-state index is 5.99. The fourth-order valence-electron chi connectivity index (χ4n) is 4.45. The number of benzene rings is 1. The van der Waals surface area contributed by atoms with E-state index in [0.717, 1.165) is 84.2 Å². The summed E-state index contributed by atoms with van der Waals surface area (Å²) in [5, 5.41) is 3.62. The first-order chi connectivity index (χ1) is 15.2. The number of piperidine rings is 1. The minimum atomic E-state index is 0. The zero-order valence-electron chi connectivity index (χ0n) is 20.0. The van der Waals surface area contributed by atoms with Crippen molar-refractivity contribution in [3.63, 3.8) is 0 Å². The van der Waals surface area contributed by atoms with Crippen molar-refractivity contribution < 1.29 is 9.47 Å². The second kappa shape index (κ2) is 14.9. The van der Waals surface area contributed by atoms with Crippen molar-refractivity contribution in [1.29, 1.82) is 0 Å². The van der Waals surface area contributed by atoms with Gasteiger partial charge in [-0.25, -0.2) is 0 Å². The van der Waals surface area contributed by atoms with E-state index >= 15 is 0 Å². The van der Waals surface area contributed by atoms with Crippen LogP contribution in [0, 0.1) is 0 Å². The van der Waals surface area contributed by atoms with E-state index in [-0.39, 0.29) is 24.0 Å². The normalized spacial score (nSPS) is 19.5. The molecule has 0 amide bonds. The minimum Gasteiger partial charge on any atom is -0.385 e. The van der Waals surface area contributed by atoms with Crippen LogP contribution in [0.5, 0.6) is 0 Å². The number of hydrogen-bond acceptors (Lipinski definition) is 5. The Kier molecular flexibility index (Phi) is 12.7. The van der Waals surface area contributed by atoms with E-state index in [2.05, 4.69) is 62.3 Å². The molecule has 2 heterocycles. The van der Waals surface area contributed by atoms with Crippen LogP contribution in [0.1, 0.15) is 26.2 Å². The topological polar surface area (TPSA) is 52.6 Å². The number of ether oxygens (including phenoxy) is 2. The van der Waals surface area contributed by atoms with Crippen LogP contribution < -0.4 is 10.2 Å². The lowest BCUT2D eigenvalue weighted by Crippen LogP contribution is -2.54. The van der Waals surface area contributed by atoms with Crippen molar-refractivity contribution in [2.75, 3.05) is 78.1 Å². The molecule has 0 radical (unpaired) electrons. The molecule has 2 saturated heterocycles. The van der Waals surface area contributed by atoms with E-state index in [0.29, 0.717) is 12.1 Å². The highest BCUT2D eigenvalue weighted by Crippen LogP contribution is 2.17. The molecule has 2 aliphatic heterocycles. The van der Waals surface area contributed by atoms with E-state index in [9.17, 15) is 0 Å². The van der Waals surface area contributed by atoms with Gasteiger partial charge < -0.3 is 24.6 Å². The molecule has 2 fully saturated rings. The molecule has 1 atom stereocenters. The molecular formula is C24H42IN5O2. The molecule has 1 N–H and O–H groups in total. The molecule has 2 aliphatic rings. The third-order valence-electron chi connectivity index (χ3n) is 6.41. The molecule has 0 aromatic heterocycles. The van der Waals surface area contributed by atoms with Gasteiger partial charge in [-0.3, -0.25) is 9.89 Å². The monoisotopic (exact) mass is 559 g/mol. The molecule has 0 aliphatic carbocycles. The highest BCUT2D eigenvalue weighted by molar-refractivity contribution is 14.0. The summed E-state index contributed by atoms with van der Waals surface area (Å²) in [6.07, 6.45) is 3.46. The van der Waals surface area contributed by atoms with Crippen LogP contribution in [0.2, 0.25) is 0 Å². The Hall–Kier alpha value is -1.10. The number of hydrogen-bond donors (Lipinski definition) is 1. The summed E-state index contributed by atoms with van der Waals surface area (Å²) >= 11 is 0. The molecule has 0 bridgehead atoms. The zero-order valence-corrected chi connectivity index (χ0v) is 22.4. The predicted octanol–water partition coefficient (Wildman–Crippen LogP) is 2.91. The summed E-state index contributed by atoms with van der Waals surface area (Å²) in [5.41, 5.74) is 1.33. The highest BCUT2D eigenvalue weighted by Gasteiger charge is 2.24. The van der Waals surface area contributed by atoms with Crippen molar-refractivity contribution >= 4 is 35.6 Å². The maximum absolute atomic E-state index is 5.99. The average Bonchev–Trinajstić information content (AvgIpc) is 2.83. The lowest BCUT2D eigenvalue weighted by molar-refractivity contribution is 0.00986. The number of anilines is 1. The average molecular weight is 560 g/mol. The van der Waals surface area contributed by atoms with Gasteiger partial charge in [0.2, 0.25) is 0 Å². The van der Waals surface area contributed by atoms with Gasteiger partial charge in [-0.15, -0.1) is 24.0 Å². The Morgan fingerprint density at radius 1 is 1.06 bits per heavy atom. The van der Waals surface area contributed by atoms with Gasteiger partial charge in [0.1, 0.15) is 0 Å². The lowest BCUT2D eigenvalue weighted by Gasteiger charge is -2.40. The van der Waals surface area contributed by atoms with E-state index in [1.807, 2.05) is 7.05 Å². The Morgan fingerprint density at radius 3 is 2.38 bits per heavy atom. The summed E-state index contributed by atoms with van der Waals surface area (Å²) in [5.74, 6) is 1.02. The number of nitrogens with one attached hydrogen (secondary N) is 1. The highest BCUT2D eigenvalue weighted by atomic mass is 127. The number of likely N-dealkylation sites (tertiary alicyclic amines) is 1. The minimum absolute atomic E-state index is 0. The van der Waals surface area contributed by atoms with Gasteiger partial charge in [0.25, 0.3) is 0 Å². The molecule has 1 aromatic rings. The fraction of sp³-hybridized carbons (Fsp3) is 0.708. The third-order valence-corrected chi connectivity index (χ3v) is 6.41. The first-order valence-electron chi connectivity index (χ1n) is 11.8. The zero-order chi connectivity index (χ0) is 21.9. The second-order valence-electron chi connectivity index (χ2n) is 8.54. The Labute approximate surface area is 211 Å². The van der Waals surface area contributed by atoms with Gasteiger partial charge >= 0.3 is 0 Å². The molecule has 7 nitrogen and oxygen atoms in total. The van der Waals surface area contributed by atoms with Crippen molar-refractivity contribution in [2.24, 2.45) is 4.99 Å². The molecule has 0 spiro atoms. The van der Waals surface area contributed by atoms with Gasteiger partial charge in [-0.2, -0.15) is 0 Å². The lowest BCUT2D eigenvalue weighted by atomic mass is 10.1. The van der Waals surface area contributed by atoms with Crippen LogP contribution in [0.15, 0.2) is 35.3 Å². The molecular weight excluding hydrogens is 517 g/mol. The number of nitrogens with zero attached hydrogens (tertiary/aromatic N) is 4. The second-order valence-corrected chi connectivity index (χ2v) is 8.54. The van der Waals surface area contributed by atoms with Crippen molar-refractivity contribution in [2.45, 2.75) is 38.3 Å². The van der Waals surface area contributed by atoms with Crippen molar-refractivity contribution in [3.05, 3.63) is 30.3 Å². The van der Waals surface area contributed by atoms with Gasteiger partial charge in [0.15, 0.2) is 5.96 Å². The van der Waals surface area contributed by atoms with E-state index in [1.165, 1.54) is 5.69 Å². The molecule has 1 unspecified atom stereocenters. The fourth-order valence-corrected chi connectivity index (χ4v) is 4.45. The molecule has 1 aromatic carbocycles. The molecule has 0 saturated carbocycles. The largest absolute Gasteiger partial charge is 0.385 e. The molecule has 182 valence electrons. The Morgan fingerprint density at radius 2 is 1.75 bits per heavy atom. The van der Waals surface area contributed by atoms with Crippen LogP contribution in [-0.2, 0) is 9.47 Å². The Bertz CT molecular complexity index is 647. The van der Waals surface area contributed by atoms with Gasteiger partial charge in [-0.05, 0) is 38.3 Å². The summed E-state index contributed by atoms with van der Waals surface area (Å²) < 4.78 is 11.1. The number of guanidine groups is 1. The standard InChI is InChI=1S/C24H41N5O2.HI/c1-21(27-14-16-28(17-15-27)22-8-5-4-6-9-22)20-26-24(25-2)29-12-10-23(11-13-29)31-19-7-18-30-3;/h4-6,8-9,21,23H,7,10-20H2,1-3H3,(H,25,26);1H. The van der Waals surface area contributed by atoms with Crippen LogP contribution in [0.4, 0.5) is 5.69 Å². The van der Waals surface area contributed by atoms with Crippen LogP contribution in [0.3, 0.4) is 0 Å². The Balaban J connectivity index is 0.00000363. The number of methoxy groups -OCH3 is 1. The molecule has 3 rings (SSSR count). The molecule has 8 heteroatoms. The van der Waals surface area contributed by atoms with E-state index in [1.54, 1.807) is 7.11 Å². The molecule has 32 heavy (non-hydrogen) atoms.